The molecular formula is C61H64Si2. The fourth-order valence-electron chi connectivity index (χ4n) is 11.4. The van der Waals surface area contributed by atoms with Crippen molar-refractivity contribution in [3.8, 4) is 44.5 Å². The third-order valence-corrected chi connectivity index (χ3v) is 25.5. The van der Waals surface area contributed by atoms with E-state index in [2.05, 4.69) is 234 Å². The van der Waals surface area contributed by atoms with Crippen LogP contribution in [0.2, 0.25) is 28.7 Å². The summed E-state index contributed by atoms with van der Waals surface area (Å²) >= 11 is 0. The van der Waals surface area contributed by atoms with Crippen molar-refractivity contribution in [1.29, 1.82) is 0 Å². The van der Waals surface area contributed by atoms with Gasteiger partial charge in [0.2, 0.25) is 0 Å². The van der Waals surface area contributed by atoms with Gasteiger partial charge in [0.1, 0.15) is 0 Å². The lowest BCUT2D eigenvalue weighted by atomic mass is 9.82. The molecule has 9 rings (SSSR count). The number of fused-ring (bicyclic) bond motifs is 4. The minimum absolute atomic E-state index is 0.646. The molecule has 2 heteroatoms. The molecule has 0 unspecified atom stereocenters. The Morgan fingerprint density at radius 3 is 1.27 bits per heavy atom. The lowest BCUT2D eigenvalue weighted by molar-refractivity contribution is 0.917. The summed E-state index contributed by atoms with van der Waals surface area (Å²) in [5.74, 6) is 0. The van der Waals surface area contributed by atoms with Crippen molar-refractivity contribution in [2.45, 2.75) is 97.9 Å². The maximum absolute atomic E-state index is 2.60. The Labute approximate surface area is 379 Å². The second-order valence-corrected chi connectivity index (χ2v) is 29.9. The molecule has 0 fully saturated rings. The fraction of sp³-hybridized carbons (Fsp3) is 0.246. The Morgan fingerprint density at radius 1 is 0.381 bits per heavy atom. The molecule has 316 valence electrons. The van der Waals surface area contributed by atoms with Crippen LogP contribution in [0.5, 0.6) is 0 Å². The average Bonchev–Trinajstić information content (AvgIpc) is 3.27. The minimum atomic E-state index is -1.77. The van der Waals surface area contributed by atoms with Crippen LogP contribution in [0.1, 0.15) is 66.5 Å². The molecule has 0 saturated carbocycles. The molecule has 0 heterocycles. The van der Waals surface area contributed by atoms with Crippen molar-refractivity contribution >= 4 is 70.3 Å². The van der Waals surface area contributed by atoms with Crippen LogP contribution in [0.15, 0.2) is 158 Å². The summed E-state index contributed by atoms with van der Waals surface area (Å²) < 4.78 is 0. The van der Waals surface area contributed by atoms with Crippen LogP contribution in [0, 0.1) is 13.8 Å². The lowest BCUT2D eigenvalue weighted by Gasteiger charge is -2.36. The Morgan fingerprint density at radius 2 is 0.825 bits per heavy atom. The first kappa shape index (κ1) is 42.7. The molecule has 0 amide bonds. The van der Waals surface area contributed by atoms with Gasteiger partial charge in [0.25, 0.3) is 0 Å². The number of hydrogen-bond donors (Lipinski definition) is 0. The molecule has 9 aromatic carbocycles. The zero-order valence-electron chi connectivity index (χ0n) is 39.4. The summed E-state index contributed by atoms with van der Waals surface area (Å²) in [6.45, 7) is 26.9. The molecule has 9 aromatic rings. The van der Waals surface area contributed by atoms with E-state index in [0.29, 0.717) is 22.2 Å². The maximum atomic E-state index is 2.60. The zero-order valence-corrected chi connectivity index (χ0v) is 41.6. The van der Waals surface area contributed by atoms with Gasteiger partial charge in [0, 0.05) is 0 Å². The van der Waals surface area contributed by atoms with Crippen molar-refractivity contribution in [2.75, 3.05) is 0 Å². The summed E-state index contributed by atoms with van der Waals surface area (Å²) in [6, 6.07) is 61.0. The van der Waals surface area contributed by atoms with E-state index in [4.69, 9.17) is 0 Å². The highest BCUT2D eigenvalue weighted by atomic mass is 28.3. The summed E-state index contributed by atoms with van der Waals surface area (Å²) in [4.78, 5) is 0. The Balaban J connectivity index is 1.41. The first-order chi connectivity index (χ1) is 30.3. The third-order valence-electron chi connectivity index (χ3n) is 15.2. The van der Waals surface area contributed by atoms with Gasteiger partial charge in [-0.25, -0.2) is 0 Å². The highest BCUT2D eigenvalue weighted by Gasteiger charge is 2.37. The molecule has 63 heavy (non-hydrogen) atoms. The summed E-state index contributed by atoms with van der Waals surface area (Å²) in [7, 11) is -2.97. The molecule has 0 atom stereocenters. The average molecular weight is 853 g/mol. The van der Waals surface area contributed by atoms with Gasteiger partial charge in [-0.2, -0.15) is 0 Å². The van der Waals surface area contributed by atoms with Gasteiger partial charge in [-0.3, -0.25) is 0 Å². The normalized spacial score (nSPS) is 12.4. The monoisotopic (exact) mass is 852 g/mol. The molecule has 0 aliphatic carbocycles. The SMILES string of the molecule is Cc1cc([SiH](C(C)C)C(C)C)ccc1-c1c2ccc(-c3cccc4ccccc34)cc2c(-c2ccc([Si](C)(C(C)C)C(C)C)cc2C)c2ccc(-c3cccc4ccccc34)cc12. The van der Waals surface area contributed by atoms with Crippen molar-refractivity contribution in [3.05, 3.63) is 169 Å². The van der Waals surface area contributed by atoms with Gasteiger partial charge in [0.15, 0.2) is 0 Å². The molecule has 0 aromatic heterocycles. The summed E-state index contributed by atoms with van der Waals surface area (Å²) in [5.41, 5.74) is 15.8. The number of hydrogen-bond acceptors (Lipinski definition) is 0. The molecular weight excluding hydrogens is 789 g/mol. The number of rotatable bonds is 10. The van der Waals surface area contributed by atoms with Crippen molar-refractivity contribution in [2.24, 2.45) is 0 Å². The van der Waals surface area contributed by atoms with Crippen LogP contribution >= 0.6 is 0 Å². The van der Waals surface area contributed by atoms with Crippen LogP contribution in [-0.4, -0.2) is 16.9 Å². The zero-order chi connectivity index (χ0) is 44.3. The number of aryl methyl sites for hydroxylation is 2. The van der Waals surface area contributed by atoms with Crippen LogP contribution in [0.4, 0.5) is 0 Å². The van der Waals surface area contributed by atoms with Gasteiger partial charge in [0.05, 0.1) is 16.9 Å². The Bertz CT molecular complexity index is 3150. The third kappa shape index (κ3) is 7.40. The van der Waals surface area contributed by atoms with Gasteiger partial charge in [-0.05, 0) is 147 Å². The molecule has 0 N–H and O–H groups in total. The van der Waals surface area contributed by atoms with Gasteiger partial charge >= 0.3 is 0 Å². The second-order valence-electron chi connectivity index (χ2n) is 20.0. The largest absolute Gasteiger partial charge is 0.0887 e. The van der Waals surface area contributed by atoms with Gasteiger partial charge in [-0.15, -0.1) is 0 Å². The predicted octanol–water partition coefficient (Wildman–Crippen LogP) is 16.9. The van der Waals surface area contributed by atoms with E-state index >= 15 is 0 Å². The molecule has 0 radical (unpaired) electrons. The molecule has 0 saturated heterocycles. The van der Waals surface area contributed by atoms with Gasteiger partial charge < -0.3 is 0 Å². The van der Waals surface area contributed by atoms with Crippen LogP contribution in [0.3, 0.4) is 0 Å². The second kappa shape index (κ2) is 16.9. The van der Waals surface area contributed by atoms with Crippen molar-refractivity contribution in [3.63, 3.8) is 0 Å². The van der Waals surface area contributed by atoms with E-state index in [1.807, 2.05) is 0 Å². The van der Waals surface area contributed by atoms with Crippen LogP contribution in [-0.2, 0) is 0 Å². The standard InChI is InChI=1S/C61H64Si2/c1-38(2)62(39(3)4)48-28-32-50(42(9)34-48)60-56-30-26-47(55-25-17-21-45-19-13-15-23-53(45)55)37-59(56)61(51-33-29-49(35-43(51)10)63(11,40(5)6)41(7)8)57-31-27-46(36-58(57)60)54-24-16-20-44-18-12-14-22-52(44)54/h12-41,62H,1-11H3. The van der Waals surface area contributed by atoms with Crippen LogP contribution in [0.25, 0.3) is 87.6 Å². The Hall–Kier alpha value is -5.55. The summed E-state index contributed by atoms with van der Waals surface area (Å²) in [5, 5.41) is 13.5. The van der Waals surface area contributed by atoms with E-state index in [-0.39, 0.29) is 0 Å². The topological polar surface area (TPSA) is 0 Å². The first-order valence-electron chi connectivity index (χ1n) is 23.5. The smallest absolute Gasteiger partial charge is 0.0651 e. The van der Waals surface area contributed by atoms with E-state index in [1.165, 1.54) is 98.7 Å². The number of benzene rings is 9. The van der Waals surface area contributed by atoms with Crippen molar-refractivity contribution < 1.29 is 0 Å². The quantitative estimate of drug-likeness (QED) is 0.0950. The Kier molecular flexibility index (Phi) is 11.4. The molecule has 0 aliphatic heterocycles. The molecule has 0 nitrogen and oxygen atoms in total. The highest BCUT2D eigenvalue weighted by Crippen LogP contribution is 2.48. The van der Waals surface area contributed by atoms with Crippen molar-refractivity contribution in [1.82, 2.24) is 0 Å². The highest BCUT2D eigenvalue weighted by molar-refractivity contribution is 6.93. The van der Waals surface area contributed by atoms with E-state index < -0.39 is 16.9 Å². The lowest BCUT2D eigenvalue weighted by Crippen LogP contribution is -2.50. The summed E-state index contributed by atoms with van der Waals surface area (Å²) in [6.07, 6.45) is 0. The first-order valence-corrected chi connectivity index (χ1v) is 28.1. The fourth-order valence-corrected chi connectivity index (χ4v) is 18.9. The minimum Gasteiger partial charge on any atom is -0.0651 e. The van der Waals surface area contributed by atoms with Gasteiger partial charge in [-0.1, -0.05) is 218 Å². The molecule has 0 aliphatic rings. The van der Waals surface area contributed by atoms with E-state index in [9.17, 15) is 0 Å². The molecule has 0 spiro atoms. The predicted molar refractivity (Wildman–Crippen MR) is 286 cm³/mol. The van der Waals surface area contributed by atoms with E-state index in [1.54, 1.807) is 10.4 Å². The van der Waals surface area contributed by atoms with E-state index in [0.717, 1.165) is 0 Å². The maximum Gasteiger partial charge on any atom is 0.0887 e. The van der Waals surface area contributed by atoms with Crippen LogP contribution < -0.4 is 10.4 Å². The molecule has 0 bridgehead atoms.